The van der Waals surface area contributed by atoms with Crippen molar-refractivity contribution in [3.8, 4) is 0 Å². The Morgan fingerprint density at radius 1 is 1.29 bits per heavy atom. The number of benzene rings is 1. The molecule has 1 N–H and O–H groups in total. The lowest BCUT2D eigenvalue weighted by atomic mass is 10.1. The predicted molar refractivity (Wildman–Crippen MR) is 92.4 cm³/mol. The summed E-state index contributed by atoms with van der Waals surface area (Å²) in [7, 11) is 0. The van der Waals surface area contributed by atoms with Crippen molar-refractivity contribution in [2.45, 2.75) is 25.3 Å². The number of hydrogen-bond donors (Lipinski definition) is 1. The molecule has 1 aromatic carbocycles. The Morgan fingerprint density at radius 2 is 2.12 bits per heavy atom. The number of carbonyl (C=O) groups is 3. The normalized spacial score (nSPS) is 21.2. The van der Waals surface area contributed by atoms with Crippen LogP contribution in [-0.2, 0) is 9.59 Å². The summed E-state index contributed by atoms with van der Waals surface area (Å²) in [5.41, 5.74) is 1.25. The first kappa shape index (κ1) is 16.8. The van der Waals surface area contributed by atoms with Gasteiger partial charge < -0.3 is 14.9 Å². The van der Waals surface area contributed by atoms with Crippen LogP contribution < -0.4 is 4.90 Å². The zero-order valence-corrected chi connectivity index (χ0v) is 14.1. The topological polar surface area (TPSA) is 77.9 Å². The summed E-state index contributed by atoms with van der Waals surface area (Å²) in [6.07, 6.45) is 1.34. The number of amides is 2. The third kappa shape index (κ3) is 3.56. The Bertz CT molecular complexity index is 664. The van der Waals surface area contributed by atoms with Gasteiger partial charge in [0.25, 0.3) is 5.91 Å². The summed E-state index contributed by atoms with van der Waals surface area (Å²) < 4.78 is 0. The van der Waals surface area contributed by atoms with Crippen molar-refractivity contribution in [1.82, 2.24) is 4.90 Å². The van der Waals surface area contributed by atoms with Gasteiger partial charge in [-0.25, -0.2) is 0 Å². The average molecular weight is 348 g/mol. The van der Waals surface area contributed by atoms with Crippen molar-refractivity contribution in [2.24, 2.45) is 0 Å². The predicted octanol–water partition coefficient (Wildman–Crippen LogP) is 1.85. The minimum absolute atomic E-state index is 0.0386. The number of rotatable bonds is 4. The van der Waals surface area contributed by atoms with E-state index in [-0.39, 0.29) is 24.3 Å². The molecule has 1 atom stereocenters. The van der Waals surface area contributed by atoms with Crippen molar-refractivity contribution in [2.75, 3.05) is 29.5 Å². The third-order valence-corrected chi connectivity index (χ3v) is 5.47. The third-order valence-electron chi connectivity index (χ3n) is 4.38. The smallest absolute Gasteiger partial charge is 0.305 e. The van der Waals surface area contributed by atoms with Crippen LogP contribution in [-0.4, -0.2) is 58.4 Å². The minimum atomic E-state index is -0.892. The second kappa shape index (κ2) is 7.25. The van der Waals surface area contributed by atoms with E-state index in [1.807, 2.05) is 6.07 Å². The minimum Gasteiger partial charge on any atom is -0.481 e. The summed E-state index contributed by atoms with van der Waals surface area (Å²) in [6.45, 7) is 1.23. The Hall–Kier alpha value is -2.02. The van der Waals surface area contributed by atoms with Crippen molar-refractivity contribution >= 4 is 35.2 Å². The molecular formula is C17H20N2O4S. The van der Waals surface area contributed by atoms with Gasteiger partial charge in [0.15, 0.2) is 0 Å². The quantitative estimate of drug-likeness (QED) is 0.898. The van der Waals surface area contributed by atoms with Crippen LogP contribution in [0.15, 0.2) is 24.3 Å². The van der Waals surface area contributed by atoms with Crippen LogP contribution in [0, 0.1) is 0 Å². The number of thioether (sulfide) groups is 1. The van der Waals surface area contributed by atoms with Crippen molar-refractivity contribution in [1.29, 1.82) is 0 Å². The first-order valence-electron chi connectivity index (χ1n) is 8.07. The molecule has 2 amide bonds. The molecule has 2 aliphatic heterocycles. The maximum Gasteiger partial charge on any atom is 0.305 e. The van der Waals surface area contributed by atoms with Crippen LogP contribution in [0.1, 0.15) is 29.6 Å². The second-order valence-corrected chi connectivity index (χ2v) is 7.17. The molecule has 2 saturated heterocycles. The lowest BCUT2D eigenvalue weighted by molar-refractivity contribution is -0.138. The first-order valence-corrected chi connectivity index (χ1v) is 9.22. The van der Waals surface area contributed by atoms with E-state index in [2.05, 4.69) is 0 Å². The standard InChI is InChI=1S/C17H20N2O4S/c20-15-5-2-6-18(15)13-4-1-3-12(9-13)17(23)19-7-8-24-11-14(19)10-16(21)22/h1,3-4,9,14H,2,5-8,10-11H2,(H,21,22). The Balaban J connectivity index is 1.80. The van der Waals surface area contributed by atoms with Gasteiger partial charge in [0.2, 0.25) is 5.91 Å². The van der Waals surface area contributed by atoms with Gasteiger partial charge in [-0.2, -0.15) is 11.8 Å². The maximum atomic E-state index is 12.9. The Labute approximate surface area is 144 Å². The SMILES string of the molecule is O=C(O)CC1CSCCN1C(=O)c1cccc(N2CCCC2=O)c1. The van der Waals surface area contributed by atoms with Gasteiger partial charge in [-0.3, -0.25) is 14.4 Å². The molecule has 0 saturated carbocycles. The molecule has 0 aliphatic carbocycles. The molecule has 2 fully saturated rings. The molecule has 3 rings (SSSR count). The molecule has 2 aliphatic rings. The molecule has 0 radical (unpaired) electrons. The lowest BCUT2D eigenvalue weighted by Crippen LogP contribution is -2.47. The van der Waals surface area contributed by atoms with Gasteiger partial charge in [-0.05, 0) is 24.6 Å². The van der Waals surface area contributed by atoms with Gasteiger partial charge in [0.1, 0.15) is 0 Å². The van der Waals surface area contributed by atoms with E-state index < -0.39 is 5.97 Å². The molecule has 1 aromatic rings. The Kier molecular flexibility index (Phi) is 5.08. The number of aliphatic carboxylic acids is 1. The van der Waals surface area contributed by atoms with E-state index >= 15 is 0 Å². The van der Waals surface area contributed by atoms with Crippen molar-refractivity contribution in [3.63, 3.8) is 0 Å². The van der Waals surface area contributed by atoms with Crippen LogP contribution in [0.5, 0.6) is 0 Å². The number of carboxylic acid groups (broad SMARTS) is 1. The summed E-state index contributed by atoms with van der Waals surface area (Å²) in [4.78, 5) is 39.2. The molecule has 7 heteroatoms. The van der Waals surface area contributed by atoms with E-state index in [1.54, 1.807) is 39.8 Å². The summed E-state index contributed by atoms with van der Waals surface area (Å²) in [5.74, 6) is 0.485. The van der Waals surface area contributed by atoms with E-state index in [9.17, 15) is 14.4 Å². The van der Waals surface area contributed by atoms with Gasteiger partial charge in [-0.15, -0.1) is 0 Å². The highest BCUT2D eigenvalue weighted by atomic mass is 32.2. The van der Waals surface area contributed by atoms with Gasteiger partial charge in [-0.1, -0.05) is 6.07 Å². The van der Waals surface area contributed by atoms with Gasteiger partial charge in [0, 0.05) is 42.3 Å². The van der Waals surface area contributed by atoms with Crippen LogP contribution in [0.4, 0.5) is 5.69 Å². The van der Waals surface area contributed by atoms with Crippen LogP contribution in [0.2, 0.25) is 0 Å². The van der Waals surface area contributed by atoms with Crippen LogP contribution >= 0.6 is 11.8 Å². The number of hydrogen-bond acceptors (Lipinski definition) is 4. The fraction of sp³-hybridized carbons (Fsp3) is 0.471. The molecule has 128 valence electrons. The van der Waals surface area contributed by atoms with Gasteiger partial charge >= 0.3 is 5.97 Å². The van der Waals surface area contributed by atoms with Crippen LogP contribution in [0.3, 0.4) is 0 Å². The maximum absolute atomic E-state index is 12.9. The highest BCUT2D eigenvalue weighted by molar-refractivity contribution is 7.99. The molecule has 2 heterocycles. The number of anilines is 1. The fourth-order valence-electron chi connectivity index (χ4n) is 3.19. The second-order valence-electron chi connectivity index (χ2n) is 6.02. The molecule has 6 nitrogen and oxygen atoms in total. The van der Waals surface area contributed by atoms with E-state index in [4.69, 9.17) is 5.11 Å². The lowest BCUT2D eigenvalue weighted by Gasteiger charge is -2.34. The fourth-order valence-corrected chi connectivity index (χ4v) is 4.25. The van der Waals surface area contributed by atoms with Crippen molar-refractivity contribution < 1.29 is 19.5 Å². The van der Waals surface area contributed by atoms with E-state index in [0.29, 0.717) is 30.8 Å². The summed E-state index contributed by atoms with van der Waals surface area (Å²) in [6, 6.07) is 6.79. The summed E-state index contributed by atoms with van der Waals surface area (Å²) in [5, 5.41) is 9.06. The molecule has 1 unspecified atom stereocenters. The molecule has 0 bridgehead atoms. The van der Waals surface area contributed by atoms with E-state index in [1.165, 1.54) is 0 Å². The highest BCUT2D eigenvalue weighted by Gasteiger charge is 2.30. The largest absolute Gasteiger partial charge is 0.481 e. The molecule has 0 spiro atoms. The number of nitrogens with zero attached hydrogens (tertiary/aromatic N) is 2. The van der Waals surface area contributed by atoms with Crippen LogP contribution in [0.25, 0.3) is 0 Å². The molecule has 24 heavy (non-hydrogen) atoms. The first-order chi connectivity index (χ1) is 11.6. The zero-order valence-electron chi connectivity index (χ0n) is 13.3. The average Bonchev–Trinajstić information content (AvgIpc) is 3.00. The molecule has 0 aromatic heterocycles. The Morgan fingerprint density at radius 3 is 2.83 bits per heavy atom. The highest BCUT2D eigenvalue weighted by Crippen LogP contribution is 2.25. The number of carboxylic acids is 1. The van der Waals surface area contributed by atoms with E-state index in [0.717, 1.165) is 17.9 Å². The van der Waals surface area contributed by atoms with Crippen molar-refractivity contribution in [3.05, 3.63) is 29.8 Å². The molecular weight excluding hydrogens is 328 g/mol. The monoisotopic (exact) mass is 348 g/mol. The summed E-state index contributed by atoms with van der Waals surface area (Å²) >= 11 is 1.68. The zero-order chi connectivity index (χ0) is 17.1. The number of carbonyl (C=O) groups excluding carboxylic acids is 2. The van der Waals surface area contributed by atoms with Gasteiger partial charge in [0.05, 0.1) is 12.5 Å².